The van der Waals surface area contributed by atoms with E-state index in [0.717, 1.165) is 0 Å². The average Bonchev–Trinajstić information content (AvgIpc) is 2.23. The smallest absolute Gasteiger partial charge is 0.290 e. The van der Waals surface area contributed by atoms with Crippen molar-refractivity contribution in [1.82, 2.24) is 5.32 Å². The Morgan fingerprint density at radius 3 is 2.11 bits per heavy atom. The van der Waals surface area contributed by atoms with Crippen LogP contribution in [0.5, 0.6) is 0 Å². The van der Waals surface area contributed by atoms with Crippen molar-refractivity contribution in [1.29, 1.82) is 0 Å². The summed E-state index contributed by atoms with van der Waals surface area (Å²) in [5.74, 6) is -0.787. The molecule has 0 saturated carbocycles. The first-order valence-electron chi connectivity index (χ1n) is 4.51. The molecule has 0 saturated heterocycles. The summed E-state index contributed by atoms with van der Waals surface area (Å²) < 4.78 is 28.6. The number of rotatable bonds is 3. The molecule has 1 atom stereocenters. The van der Waals surface area contributed by atoms with Gasteiger partial charge in [-0.15, -0.1) is 0 Å². The maximum absolute atomic E-state index is 11.7. The minimum absolute atomic E-state index is 0.167. The van der Waals surface area contributed by atoms with Crippen molar-refractivity contribution in [3.05, 3.63) is 35.9 Å². The van der Waals surface area contributed by atoms with Crippen molar-refractivity contribution < 1.29 is 17.8 Å². The third-order valence-corrected chi connectivity index (χ3v) is 4.00. The van der Waals surface area contributed by atoms with E-state index in [4.69, 9.17) is 39.4 Å². The molecule has 0 spiro atoms. The van der Waals surface area contributed by atoms with Gasteiger partial charge in [0.15, 0.2) is 0 Å². The van der Waals surface area contributed by atoms with E-state index in [1.807, 2.05) is 5.32 Å². The number of alkyl halides is 3. The summed E-state index contributed by atoms with van der Waals surface area (Å²) in [6.45, 7) is 0. The van der Waals surface area contributed by atoms with Crippen molar-refractivity contribution in [2.75, 3.05) is 0 Å². The second-order valence-electron chi connectivity index (χ2n) is 3.28. The van der Waals surface area contributed by atoms with Crippen LogP contribution in [-0.4, -0.2) is 28.0 Å². The Morgan fingerprint density at radius 1 is 1.22 bits per heavy atom. The van der Waals surface area contributed by atoms with Crippen LogP contribution in [0.4, 0.5) is 0 Å². The van der Waals surface area contributed by atoms with Crippen LogP contribution in [-0.2, 0) is 10.1 Å². The van der Waals surface area contributed by atoms with E-state index in [0.29, 0.717) is 0 Å². The molecule has 1 amide bonds. The second kappa shape index (κ2) is 5.63. The Hall–Kier alpha value is -0.530. The summed E-state index contributed by atoms with van der Waals surface area (Å²) in [5, 5.41) is -0.113. The highest BCUT2D eigenvalue weighted by Gasteiger charge is 2.43. The lowest BCUT2D eigenvalue weighted by atomic mass is 10.2. The summed E-state index contributed by atoms with van der Waals surface area (Å²) in [6.07, 6.45) is 0. The standard InChI is InChI=1S/C9H8Cl3NO4S/c10-9(11,12)8(18(15,16)17)13-7(14)6-4-2-1-3-5-6/h1-5,8H,(H,13,14)(H,15,16,17)/t8-/m1/s1. The fourth-order valence-corrected chi connectivity index (χ4v) is 2.89. The third-order valence-electron chi connectivity index (χ3n) is 1.89. The Morgan fingerprint density at radius 2 is 1.72 bits per heavy atom. The fourth-order valence-electron chi connectivity index (χ4n) is 1.12. The van der Waals surface area contributed by atoms with Gasteiger partial charge in [-0.1, -0.05) is 53.0 Å². The van der Waals surface area contributed by atoms with E-state index in [1.54, 1.807) is 18.2 Å². The van der Waals surface area contributed by atoms with Gasteiger partial charge >= 0.3 is 0 Å². The Balaban J connectivity index is 2.97. The number of carbonyl (C=O) groups excluding carboxylic acids is 1. The molecule has 0 unspecified atom stereocenters. The zero-order valence-corrected chi connectivity index (χ0v) is 11.8. The molecule has 100 valence electrons. The van der Waals surface area contributed by atoms with E-state index in [9.17, 15) is 13.2 Å². The monoisotopic (exact) mass is 331 g/mol. The van der Waals surface area contributed by atoms with Gasteiger partial charge in [0.2, 0.25) is 9.17 Å². The predicted octanol–water partition coefficient (Wildman–Crippen LogP) is 2.00. The lowest BCUT2D eigenvalue weighted by Crippen LogP contribution is -2.48. The maximum Gasteiger partial charge on any atom is 0.290 e. The zero-order valence-electron chi connectivity index (χ0n) is 8.68. The molecule has 0 aliphatic carbocycles. The largest absolute Gasteiger partial charge is 0.330 e. The van der Waals surface area contributed by atoms with Gasteiger partial charge in [-0.05, 0) is 12.1 Å². The predicted molar refractivity (Wildman–Crippen MR) is 69.5 cm³/mol. The number of hydrogen-bond acceptors (Lipinski definition) is 3. The molecule has 1 aromatic carbocycles. The molecule has 1 aromatic rings. The number of halogens is 3. The first-order valence-corrected chi connectivity index (χ1v) is 7.15. The van der Waals surface area contributed by atoms with Crippen LogP contribution >= 0.6 is 34.8 Å². The number of carbonyl (C=O) groups is 1. The van der Waals surface area contributed by atoms with Crippen LogP contribution in [0, 0.1) is 0 Å². The van der Waals surface area contributed by atoms with Gasteiger partial charge in [0, 0.05) is 5.56 Å². The average molecular weight is 333 g/mol. The Labute approximate surface area is 119 Å². The van der Waals surface area contributed by atoms with Crippen LogP contribution in [0.3, 0.4) is 0 Å². The molecular weight excluding hydrogens is 325 g/mol. The highest BCUT2D eigenvalue weighted by Crippen LogP contribution is 2.32. The number of nitrogens with one attached hydrogen (secondary N) is 1. The summed E-state index contributed by atoms with van der Waals surface area (Å²) in [4.78, 5) is 11.7. The van der Waals surface area contributed by atoms with Crippen LogP contribution in [0.1, 0.15) is 10.4 Å². The molecule has 0 heterocycles. The molecule has 18 heavy (non-hydrogen) atoms. The number of hydrogen-bond donors (Lipinski definition) is 2. The first-order chi connectivity index (χ1) is 8.12. The normalized spacial score (nSPS) is 14.0. The van der Waals surface area contributed by atoms with E-state index in [-0.39, 0.29) is 5.56 Å². The molecule has 0 radical (unpaired) electrons. The molecule has 0 fully saturated rings. The molecule has 1 rings (SSSR count). The minimum Gasteiger partial charge on any atom is -0.330 e. The highest BCUT2D eigenvalue weighted by atomic mass is 35.6. The lowest BCUT2D eigenvalue weighted by molar-refractivity contribution is 0.0946. The van der Waals surface area contributed by atoms with Gasteiger partial charge in [-0.2, -0.15) is 8.42 Å². The number of amides is 1. The van der Waals surface area contributed by atoms with Crippen molar-refractivity contribution in [3.63, 3.8) is 0 Å². The van der Waals surface area contributed by atoms with Gasteiger partial charge in [-0.25, -0.2) is 0 Å². The highest BCUT2D eigenvalue weighted by molar-refractivity contribution is 7.86. The van der Waals surface area contributed by atoms with Gasteiger partial charge in [0.05, 0.1) is 0 Å². The number of benzene rings is 1. The van der Waals surface area contributed by atoms with Crippen molar-refractivity contribution in [2.45, 2.75) is 9.17 Å². The summed E-state index contributed by atoms with van der Waals surface area (Å²) in [7, 11) is -4.75. The zero-order chi connectivity index (χ0) is 14.0. The maximum atomic E-state index is 11.7. The first kappa shape index (κ1) is 15.5. The summed E-state index contributed by atoms with van der Waals surface area (Å²) >= 11 is 16.2. The van der Waals surface area contributed by atoms with Crippen molar-refractivity contribution in [2.24, 2.45) is 0 Å². The fraction of sp³-hybridized carbons (Fsp3) is 0.222. The van der Waals surface area contributed by atoms with Crippen molar-refractivity contribution in [3.8, 4) is 0 Å². The van der Waals surface area contributed by atoms with Crippen molar-refractivity contribution >= 4 is 50.8 Å². The molecular formula is C9H8Cl3NO4S. The van der Waals surface area contributed by atoms with Gasteiger partial charge in [0.1, 0.15) is 0 Å². The van der Waals surface area contributed by atoms with Crippen LogP contribution in [0.25, 0.3) is 0 Å². The molecule has 2 N–H and O–H groups in total. The van der Waals surface area contributed by atoms with E-state index < -0.39 is 25.2 Å². The second-order valence-corrected chi connectivity index (χ2v) is 7.15. The molecule has 0 aliphatic rings. The summed E-state index contributed by atoms with van der Waals surface area (Å²) in [6, 6.07) is 7.70. The van der Waals surface area contributed by atoms with Crippen LogP contribution in [0.15, 0.2) is 30.3 Å². The van der Waals surface area contributed by atoms with E-state index in [1.165, 1.54) is 12.1 Å². The van der Waals surface area contributed by atoms with E-state index in [2.05, 4.69) is 0 Å². The van der Waals surface area contributed by atoms with Gasteiger partial charge in [0.25, 0.3) is 16.0 Å². The molecule has 0 bridgehead atoms. The van der Waals surface area contributed by atoms with Crippen LogP contribution in [0.2, 0.25) is 0 Å². The minimum atomic E-state index is -4.75. The quantitative estimate of drug-likeness (QED) is 0.655. The molecule has 5 nitrogen and oxygen atoms in total. The van der Waals surface area contributed by atoms with E-state index >= 15 is 0 Å². The summed E-state index contributed by atoms with van der Waals surface area (Å²) in [5.41, 5.74) is 0.167. The Bertz CT molecular complexity index is 526. The van der Waals surface area contributed by atoms with Crippen LogP contribution < -0.4 is 5.32 Å². The molecule has 0 aromatic heterocycles. The molecule has 0 aliphatic heterocycles. The topological polar surface area (TPSA) is 83.5 Å². The third kappa shape index (κ3) is 4.29. The van der Waals surface area contributed by atoms with Gasteiger partial charge < -0.3 is 5.32 Å². The Kier molecular flexibility index (Phi) is 4.85. The van der Waals surface area contributed by atoms with Gasteiger partial charge in [-0.3, -0.25) is 9.35 Å². The SMILES string of the molecule is O=C(N[C@@H](C(Cl)(Cl)Cl)S(=O)(=O)O)c1ccccc1. The lowest BCUT2D eigenvalue weighted by Gasteiger charge is -2.22. The molecule has 9 heteroatoms.